The van der Waals surface area contributed by atoms with Crippen LogP contribution in [0, 0.1) is 36.0 Å². The van der Waals surface area contributed by atoms with Gasteiger partial charge in [-0.25, -0.2) is 4.79 Å². The average molecular weight is 427 g/mol. The molecule has 0 heterocycles. The van der Waals surface area contributed by atoms with Crippen LogP contribution in [-0.4, -0.2) is 30.4 Å². The Morgan fingerprint density at radius 2 is 1.68 bits per heavy atom. The molecule has 6 heteroatoms. The second kappa shape index (κ2) is 8.64. The van der Waals surface area contributed by atoms with Gasteiger partial charge in [-0.05, 0) is 86.8 Å². The zero-order valence-electron chi connectivity index (χ0n) is 18.8. The summed E-state index contributed by atoms with van der Waals surface area (Å²) in [5, 5.41) is 5.74. The Bertz CT molecular complexity index is 828. The fourth-order valence-electron chi connectivity index (χ4n) is 6.33. The molecule has 0 saturated heterocycles. The minimum absolute atomic E-state index is 0.00598. The Labute approximate surface area is 184 Å². The second-order valence-electron chi connectivity index (χ2n) is 10.4. The molecule has 0 radical (unpaired) electrons. The first-order valence-corrected chi connectivity index (χ1v) is 11.6. The summed E-state index contributed by atoms with van der Waals surface area (Å²) >= 11 is 0. The monoisotopic (exact) mass is 426 g/mol. The van der Waals surface area contributed by atoms with Crippen LogP contribution in [0.15, 0.2) is 24.3 Å². The molecule has 168 valence electrons. The molecule has 1 atom stereocenters. The molecule has 6 nitrogen and oxygen atoms in total. The molecule has 0 aliphatic heterocycles. The number of benzene rings is 1. The van der Waals surface area contributed by atoms with Gasteiger partial charge >= 0.3 is 5.97 Å². The van der Waals surface area contributed by atoms with Gasteiger partial charge in [-0.2, -0.15) is 0 Å². The molecular formula is C25H34N2O4. The highest BCUT2D eigenvalue weighted by atomic mass is 16.5. The Hall–Kier alpha value is -2.37. The van der Waals surface area contributed by atoms with Crippen LogP contribution in [0.2, 0.25) is 0 Å². The number of carbonyl (C=O) groups is 3. The van der Waals surface area contributed by atoms with Crippen LogP contribution in [0.1, 0.15) is 57.9 Å². The summed E-state index contributed by atoms with van der Waals surface area (Å²) in [7, 11) is 0. The number of aryl methyl sites for hydroxylation is 1. The van der Waals surface area contributed by atoms with Gasteiger partial charge in [-0.1, -0.05) is 26.0 Å². The van der Waals surface area contributed by atoms with Crippen molar-refractivity contribution >= 4 is 23.5 Å². The highest BCUT2D eigenvalue weighted by molar-refractivity contribution is 5.94. The van der Waals surface area contributed by atoms with Crippen molar-refractivity contribution < 1.29 is 19.1 Å². The predicted octanol–water partition coefficient (Wildman–Crippen LogP) is 3.83. The zero-order chi connectivity index (χ0) is 22.2. The van der Waals surface area contributed by atoms with Crippen molar-refractivity contribution in [3.63, 3.8) is 0 Å². The summed E-state index contributed by atoms with van der Waals surface area (Å²) in [6, 6.07) is 6.69. The first kappa shape index (κ1) is 21.8. The second-order valence-corrected chi connectivity index (χ2v) is 10.4. The van der Waals surface area contributed by atoms with Crippen LogP contribution >= 0.6 is 0 Å². The standard InChI is InChI=1S/C25H34N2O4/c1-15(2)22(23(29)31-14-21(28)26-20-6-4-5-16(3)7-20)27-24(30)25-11-17-8-18(12-25)10-19(9-17)13-25/h4-7,15,17-19,22H,8-14H2,1-3H3,(H,26,28)(H,27,30)/t17?,18?,19?,22-,25?/m0/s1. The molecule has 2 N–H and O–H groups in total. The molecule has 0 spiro atoms. The number of hydrogen-bond acceptors (Lipinski definition) is 4. The number of anilines is 1. The lowest BCUT2D eigenvalue weighted by molar-refractivity contribution is -0.156. The van der Waals surface area contributed by atoms with E-state index in [1.807, 2.05) is 39.0 Å². The topological polar surface area (TPSA) is 84.5 Å². The lowest BCUT2D eigenvalue weighted by Gasteiger charge is -2.55. The van der Waals surface area contributed by atoms with Gasteiger partial charge in [0.1, 0.15) is 6.04 Å². The fraction of sp³-hybridized carbons (Fsp3) is 0.640. The summed E-state index contributed by atoms with van der Waals surface area (Å²) in [5.41, 5.74) is 1.38. The molecule has 0 aromatic heterocycles. The summed E-state index contributed by atoms with van der Waals surface area (Å²) in [5.74, 6) is 0.920. The van der Waals surface area contributed by atoms with E-state index in [4.69, 9.17) is 4.74 Å². The van der Waals surface area contributed by atoms with E-state index in [1.165, 1.54) is 19.3 Å². The average Bonchev–Trinajstić information content (AvgIpc) is 2.68. The van der Waals surface area contributed by atoms with Gasteiger partial charge in [0.05, 0.1) is 0 Å². The number of rotatable bonds is 7. The van der Waals surface area contributed by atoms with E-state index < -0.39 is 17.9 Å². The largest absolute Gasteiger partial charge is 0.454 e. The van der Waals surface area contributed by atoms with Crippen LogP contribution in [0.25, 0.3) is 0 Å². The smallest absolute Gasteiger partial charge is 0.329 e. The van der Waals surface area contributed by atoms with Gasteiger partial charge in [-0.3, -0.25) is 9.59 Å². The van der Waals surface area contributed by atoms with Gasteiger partial charge in [-0.15, -0.1) is 0 Å². The molecule has 2 amide bonds. The van der Waals surface area contributed by atoms with E-state index in [0.717, 1.165) is 24.8 Å². The van der Waals surface area contributed by atoms with Gasteiger partial charge < -0.3 is 15.4 Å². The Morgan fingerprint density at radius 3 is 2.23 bits per heavy atom. The molecule has 0 unspecified atom stereocenters. The molecule has 4 aliphatic rings. The van der Waals surface area contributed by atoms with Crippen molar-refractivity contribution in [3.8, 4) is 0 Å². The quantitative estimate of drug-likeness (QED) is 0.649. The highest BCUT2D eigenvalue weighted by Crippen LogP contribution is 2.60. The predicted molar refractivity (Wildman–Crippen MR) is 118 cm³/mol. The maximum absolute atomic E-state index is 13.3. The lowest BCUT2D eigenvalue weighted by atomic mass is 9.49. The number of hydrogen-bond donors (Lipinski definition) is 2. The first-order chi connectivity index (χ1) is 14.7. The molecule has 4 fully saturated rings. The van der Waals surface area contributed by atoms with E-state index in [9.17, 15) is 14.4 Å². The molecular weight excluding hydrogens is 392 g/mol. The fourth-order valence-corrected chi connectivity index (χ4v) is 6.33. The molecule has 1 aromatic rings. The first-order valence-electron chi connectivity index (χ1n) is 11.6. The maximum atomic E-state index is 13.3. The van der Waals surface area contributed by atoms with Crippen molar-refractivity contribution in [2.45, 2.75) is 65.3 Å². The van der Waals surface area contributed by atoms with Gasteiger partial charge in [0.25, 0.3) is 5.91 Å². The van der Waals surface area contributed by atoms with E-state index in [0.29, 0.717) is 23.4 Å². The summed E-state index contributed by atoms with van der Waals surface area (Å²) in [6.07, 6.45) is 6.63. The number of carbonyl (C=O) groups excluding carboxylic acids is 3. The maximum Gasteiger partial charge on any atom is 0.329 e. The van der Waals surface area contributed by atoms with Crippen LogP contribution in [0.3, 0.4) is 0 Å². The van der Waals surface area contributed by atoms with Crippen LogP contribution in [0.5, 0.6) is 0 Å². The van der Waals surface area contributed by atoms with E-state index >= 15 is 0 Å². The summed E-state index contributed by atoms with van der Waals surface area (Å²) < 4.78 is 5.28. The van der Waals surface area contributed by atoms with Crippen molar-refractivity contribution in [2.24, 2.45) is 29.1 Å². The van der Waals surface area contributed by atoms with E-state index in [1.54, 1.807) is 6.07 Å². The van der Waals surface area contributed by atoms with Crippen molar-refractivity contribution in [2.75, 3.05) is 11.9 Å². The SMILES string of the molecule is Cc1cccc(NC(=O)COC(=O)[C@@H](NC(=O)C23CC4CC(CC(C4)C2)C3)C(C)C)c1. The molecule has 4 saturated carbocycles. The van der Waals surface area contributed by atoms with Crippen molar-refractivity contribution in [3.05, 3.63) is 29.8 Å². The van der Waals surface area contributed by atoms with Crippen molar-refractivity contribution in [1.82, 2.24) is 5.32 Å². The molecule has 4 bridgehead atoms. The molecule has 4 aliphatic carbocycles. The van der Waals surface area contributed by atoms with Gasteiger partial charge in [0.15, 0.2) is 6.61 Å². The molecule has 1 aromatic carbocycles. The third-order valence-corrected chi connectivity index (χ3v) is 7.37. The van der Waals surface area contributed by atoms with Crippen LogP contribution in [0.4, 0.5) is 5.69 Å². The molecule has 31 heavy (non-hydrogen) atoms. The van der Waals surface area contributed by atoms with Gasteiger partial charge in [0.2, 0.25) is 5.91 Å². The Morgan fingerprint density at radius 1 is 1.06 bits per heavy atom. The van der Waals surface area contributed by atoms with Crippen LogP contribution in [-0.2, 0) is 19.1 Å². The van der Waals surface area contributed by atoms with E-state index in [2.05, 4.69) is 10.6 Å². The summed E-state index contributed by atoms with van der Waals surface area (Å²) in [4.78, 5) is 38.3. The third-order valence-electron chi connectivity index (χ3n) is 7.37. The molecule has 5 rings (SSSR count). The number of ether oxygens (including phenoxy) is 1. The number of nitrogens with one attached hydrogen (secondary N) is 2. The number of amides is 2. The van der Waals surface area contributed by atoms with E-state index in [-0.39, 0.29) is 23.8 Å². The van der Waals surface area contributed by atoms with Crippen LogP contribution < -0.4 is 10.6 Å². The minimum Gasteiger partial charge on any atom is -0.454 e. The summed E-state index contributed by atoms with van der Waals surface area (Å²) in [6.45, 7) is 5.34. The Balaban J connectivity index is 1.33. The minimum atomic E-state index is -0.743. The third kappa shape index (κ3) is 4.78. The Kier molecular flexibility index (Phi) is 6.09. The van der Waals surface area contributed by atoms with Crippen molar-refractivity contribution in [1.29, 1.82) is 0 Å². The number of esters is 1. The lowest BCUT2D eigenvalue weighted by Crippen LogP contribution is -2.57. The highest BCUT2D eigenvalue weighted by Gasteiger charge is 2.55. The zero-order valence-corrected chi connectivity index (χ0v) is 18.8. The van der Waals surface area contributed by atoms with Gasteiger partial charge in [0, 0.05) is 11.1 Å². The normalized spacial score (nSPS) is 29.5.